The maximum absolute atomic E-state index is 12.3. The molecule has 1 heterocycles. The van der Waals surface area contributed by atoms with Crippen LogP contribution in [0.3, 0.4) is 0 Å². The Balaban J connectivity index is 1.36. The van der Waals surface area contributed by atoms with Gasteiger partial charge in [-0.25, -0.2) is 5.43 Å². The molecule has 2 amide bonds. The van der Waals surface area contributed by atoms with Gasteiger partial charge >= 0.3 is 0 Å². The number of fused-ring (bicyclic) bond motifs is 2. The largest absolute Gasteiger partial charge is 0.482 e. The van der Waals surface area contributed by atoms with Crippen LogP contribution in [0.4, 0.5) is 5.69 Å². The maximum atomic E-state index is 12.3. The molecule has 1 N–H and O–H groups in total. The van der Waals surface area contributed by atoms with Crippen molar-refractivity contribution in [3.05, 3.63) is 24.3 Å². The van der Waals surface area contributed by atoms with Crippen molar-refractivity contribution in [2.45, 2.75) is 44.9 Å². The second-order valence-corrected chi connectivity index (χ2v) is 7.50. The highest BCUT2D eigenvalue weighted by Gasteiger charge is 2.30. The summed E-state index contributed by atoms with van der Waals surface area (Å²) in [6.07, 6.45) is 8.48. The number of rotatable bonds is 3. The number of hydrogen-bond donors (Lipinski definition) is 1. The van der Waals surface area contributed by atoms with Gasteiger partial charge in [-0.2, -0.15) is 5.10 Å². The van der Waals surface area contributed by atoms with Crippen LogP contribution in [0.25, 0.3) is 0 Å². The van der Waals surface area contributed by atoms with Crippen molar-refractivity contribution < 1.29 is 14.3 Å². The fraction of sp³-hybridized carbons (Fsp3) is 0.550. The Labute approximate surface area is 153 Å². The van der Waals surface area contributed by atoms with Crippen LogP contribution in [0.2, 0.25) is 0 Å². The third-order valence-electron chi connectivity index (χ3n) is 5.82. The highest BCUT2D eigenvalue weighted by Crippen LogP contribution is 2.39. The number of hydrogen-bond acceptors (Lipinski definition) is 4. The Morgan fingerprint density at radius 2 is 2.00 bits per heavy atom. The highest BCUT2D eigenvalue weighted by molar-refractivity contribution is 6.02. The molecule has 3 aliphatic rings. The van der Waals surface area contributed by atoms with Crippen molar-refractivity contribution in [3.63, 3.8) is 0 Å². The molecule has 6 heteroatoms. The molecule has 0 spiro atoms. The molecule has 0 aromatic heterocycles. The number of hydrazone groups is 1. The summed E-state index contributed by atoms with van der Waals surface area (Å²) in [6.45, 7) is -0.0794. The molecule has 2 saturated carbocycles. The Morgan fingerprint density at radius 3 is 2.88 bits per heavy atom. The number of carbonyl (C=O) groups is 2. The van der Waals surface area contributed by atoms with E-state index < -0.39 is 0 Å². The van der Waals surface area contributed by atoms with Gasteiger partial charge in [0, 0.05) is 5.71 Å². The van der Waals surface area contributed by atoms with Gasteiger partial charge in [-0.05, 0) is 49.7 Å². The lowest BCUT2D eigenvalue weighted by molar-refractivity contribution is -0.125. The van der Waals surface area contributed by atoms with E-state index in [0.717, 1.165) is 30.4 Å². The molecule has 0 bridgehead atoms. The summed E-state index contributed by atoms with van der Waals surface area (Å²) in [5.41, 5.74) is 4.39. The monoisotopic (exact) mass is 355 g/mol. The van der Waals surface area contributed by atoms with Crippen LogP contribution < -0.4 is 15.1 Å². The Hall–Kier alpha value is -2.37. The van der Waals surface area contributed by atoms with E-state index in [4.69, 9.17) is 4.74 Å². The summed E-state index contributed by atoms with van der Waals surface area (Å²) in [5.74, 6) is 1.73. The van der Waals surface area contributed by atoms with Gasteiger partial charge in [0.15, 0.2) is 6.61 Å². The van der Waals surface area contributed by atoms with Gasteiger partial charge in [-0.1, -0.05) is 31.4 Å². The fourth-order valence-corrected chi connectivity index (χ4v) is 4.44. The van der Waals surface area contributed by atoms with Crippen LogP contribution in [0.15, 0.2) is 29.4 Å². The molecule has 0 unspecified atom stereocenters. The van der Waals surface area contributed by atoms with Crippen LogP contribution in [0, 0.1) is 11.8 Å². The van der Waals surface area contributed by atoms with Crippen molar-refractivity contribution in [3.8, 4) is 5.75 Å². The van der Waals surface area contributed by atoms with Gasteiger partial charge in [0.25, 0.3) is 11.8 Å². The first-order chi connectivity index (χ1) is 12.7. The Bertz CT molecular complexity index is 731. The molecule has 6 nitrogen and oxygen atoms in total. The number of amides is 2. The quantitative estimate of drug-likeness (QED) is 0.848. The number of anilines is 1. The van der Waals surface area contributed by atoms with Crippen molar-refractivity contribution in [2.24, 2.45) is 16.9 Å². The molecule has 26 heavy (non-hydrogen) atoms. The van der Waals surface area contributed by atoms with Crippen LogP contribution >= 0.6 is 0 Å². The highest BCUT2D eigenvalue weighted by atomic mass is 16.5. The van der Waals surface area contributed by atoms with Gasteiger partial charge < -0.3 is 4.74 Å². The molecule has 1 aliphatic heterocycles. The normalized spacial score (nSPS) is 26.7. The predicted octanol–water partition coefficient (Wildman–Crippen LogP) is 2.87. The van der Waals surface area contributed by atoms with Gasteiger partial charge in [0.1, 0.15) is 12.3 Å². The molecular formula is C20H25N3O3. The van der Waals surface area contributed by atoms with E-state index in [0.29, 0.717) is 11.4 Å². The summed E-state index contributed by atoms with van der Waals surface area (Å²) in [6, 6.07) is 7.26. The molecular weight excluding hydrogens is 330 g/mol. The number of nitrogens with one attached hydrogen (secondary N) is 1. The zero-order chi connectivity index (χ0) is 17.9. The lowest BCUT2D eigenvalue weighted by atomic mass is 9.70. The molecule has 1 aromatic carbocycles. The molecule has 2 atom stereocenters. The third-order valence-corrected chi connectivity index (χ3v) is 5.82. The third kappa shape index (κ3) is 3.59. The molecule has 2 aliphatic carbocycles. The predicted molar refractivity (Wildman–Crippen MR) is 99.2 cm³/mol. The summed E-state index contributed by atoms with van der Waals surface area (Å²) >= 11 is 0. The van der Waals surface area contributed by atoms with E-state index in [2.05, 4.69) is 10.5 Å². The van der Waals surface area contributed by atoms with Crippen LogP contribution in [-0.4, -0.2) is 30.7 Å². The maximum Gasteiger partial charge on any atom is 0.265 e. The second kappa shape index (κ2) is 7.48. The first kappa shape index (κ1) is 17.1. The van der Waals surface area contributed by atoms with E-state index >= 15 is 0 Å². The lowest BCUT2D eigenvalue weighted by Crippen LogP contribution is -2.44. The van der Waals surface area contributed by atoms with E-state index in [9.17, 15) is 9.59 Å². The minimum atomic E-state index is -0.270. The molecule has 4 rings (SSSR count). The summed E-state index contributed by atoms with van der Waals surface area (Å²) in [7, 11) is 0. The van der Waals surface area contributed by atoms with Gasteiger partial charge in [0.05, 0.1) is 5.69 Å². The van der Waals surface area contributed by atoms with E-state index in [1.54, 1.807) is 12.1 Å². The van der Waals surface area contributed by atoms with E-state index in [1.807, 2.05) is 12.1 Å². The average Bonchev–Trinajstić information content (AvgIpc) is 2.68. The topological polar surface area (TPSA) is 71.0 Å². The fourth-order valence-electron chi connectivity index (χ4n) is 4.44. The number of ether oxygens (including phenoxy) is 1. The van der Waals surface area contributed by atoms with Crippen molar-refractivity contribution >= 4 is 23.2 Å². The summed E-state index contributed by atoms with van der Waals surface area (Å²) < 4.78 is 5.40. The lowest BCUT2D eigenvalue weighted by Gasteiger charge is -2.35. The number of carbonyl (C=O) groups excluding carboxylic acids is 2. The van der Waals surface area contributed by atoms with E-state index in [-0.39, 0.29) is 25.0 Å². The number of benzene rings is 1. The zero-order valence-electron chi connectivity index (χ0n) is 14.9. The molecule has 0 saturated heterocycles. The summed E-state index contributed by atoms with van der Waals surface area (Å²) in [5, 5.41) is 4.37. The average molecular weight is 355 g/mol. The van der Waals surface area contributed by atoms with Crippen molar-refractivity contribution in [2.75, 3.05) is 18.1 Å². The first-order valence-corrected chi connectivity index (χ1v) is 9.57. The Morgan fingerprint density at radius 1 is 1.19 bits per heavy atom. The smallest absolute Gasteiger partial charge is 0.265 e. The van der Waals surface area contributed by atoms with Crippen molar-refractivity contribution in [1.29, 1.82) is 0 Å². The SMILES string of the molecule is O=C(CN1C(=O)COc2ccccc21)N/N=C1\CC[C@H]2CCCC[C@H]2C1. The minimum absolute atomic E-state index is 0.0396. The number of nitrogens with zero attached hydrogens (tertiary/aromatic N) is 2. The summed E-state index contributed by atoms with van der Waals surface area (Å²) in [4.78, 5) is 25.9. The van der Waals surface area contributed by atoms with Crippen LogP contribution in [-0.2, 0) is 9.59 Å². The van der Waals surface area contributed by atoms with Crippen molar-refractivity contribution in [1.82, 2.24) is 5.43 Å². The van der Waals surface area contributed by atoms with E-state index in [1.165, 1.54) is 37.0 Å². The molecule has 138 valence electrons. The molecule has 2 fully saturated rings. The number of para-hydroxylation sites is 2. The Kier molecular flexibility index (Phi) is 4.91. The molecule has 0 radical (unpaired) electrons. The minimum Gasteiger partial charge on any atom is -0.482 e. The van der Waals surface area contributed by atoms with Gasteiger partial charge in [-0.3, -0.25) is 14.5 Å². The zero-order valence-corrected chi connectivity index (χ0v) is 14.9. The molecule has 1 aromatic rings. The van der Waals surface area contributed by atoms with Gasteiger partial charge in [0.2, 0.25) is 0 Å². The van der Waals surface area contributed by atoms with Gasteiger partial charge in [-0.15, -0.1) is 0 Å². The second-order valence-electron chi connectivity index (χ2n) is 7.50. The first-order valence-electron chi connectivity index (χ1n) is 9.57. The van der Waals surface area contributed by atoms with Crippen LogP contribution in [0.5, 0.6) is 5.75 Å². The van der Waals surface area contributed by atoms with Crippen LogP contribution in [0.1, 0.15) is 44.9 Å². The standard InChI is InChI=1S/C20H25N3O3/c24-19(12-23-17-7-3-4-8-18(17)26-13-20(23)25)22-21-16-10-9-14-5-1-2-6-15(14)11-16/h3-4,7-8,14-15H,1-2,5-6,9-13H2,(H,22,24)/b21-16+/t14-,15+/m1/s1.